The van der Waals surface area contributed by atoms with Gasteiger partial charge in [0.15, 0.2) is 0 Å². The zero-order valence-corrected chi connectivity index (χ0v) is 10.5. The van der Waals surface area contributed by atoms with E-state index in [4.69, 9.17) is 0 Å². The molecule has 19 heavy (non-hydrogen) atoms. The van der Waals surface area contributed by atoms with Crippen LogP contribution in [0.25, 0.3) is 0 Å². The summed E-state index contributed by atoms with van der Waals surface area (Å²) in [4.78, 5) is 15.4. The molecule has 1 aromatic heterocycles. The minimum absolute atomic E-state index is 0.102. The molecule has 0 bridgehead atoms. The van der Waals surface area contributed by atoms with Crippen molar-refractivity contribution in [1.29, 1.82) is 0 Å². The molecule has 0 unspecified atom stereocenters. The number of nitrogens with one attached hydrogen (secondary N) is 1. The van der Waals surface area contributed by atoms with Gasteiger partial charge in [0.25, 0.3) is 5.91 Å². The fraction of sp³-hybridized carbons (Fsp3) is 0.538. The Labute approximate surface area is 109 Å². The minimum Gasteiger partial charge on any atom is -0.349 e. The highest BCUT2D eigenvalue weighted by Gasteiger charge is 2.33. The molecule has 1 heterocycles. The van der Waals surface area contributed by atoms with E-state index in [1.807, 2.05) is 0 Å². The summed E-state index contributed by atoms with van der Waals surface area (Å²) in [5.74, 6) is -0.342. The van der Waals surface area contributed by atoms with Crippen LogP contribution in [-0.2, 0) is 6.18 Å². The molecule has 0 spiro atoms. The summed E-state index contributed by atoms with van der Waals surface area (Å²) >= 11 is 0. The average molecular weight is 272 g/mol. The summed E-state index contributed by atoms with van der Waals surface area (Å²) in [7, 11) is 0. The van der Waals surface area contributed by atoms with Gasteiger partial charge in [-0.3, -0.25) is 4.79 Å². The van der Waals surface area contributed by atoms with E-state index in [0.717, 1.165) is 31.7 Å². The van der Waals surface area contributed by atoms with Gasteiger partial charge in [-0.2, -0.15) is 13.2 Å². The van der Waals surface area contributed by atoms with Crippen LogP contribution in [0.2, 0.25) is 0 Å². The highest BCUT2D eigenvalue weighted by molar-refractivity contribution is 5.95. The second-order valence-corrected chi connectivity index (χ2v) is 4.78. The normalized spacial score (nSPS) is 16.6. The van der Waals surface area contributed by atoms with Crippen molar-refractivity contribution in [3.8, 4) is 0 Å². The van der Waals surface area contributed by atoms with Gasteiger partial charge in [-0.25, -0.2) is 4.98 Å². The zero-order valence-electron chi connectivity index (χ0n) is 10.5. The number of aryl methyl sites for hydroxylation is 1. The van der Waals surface area contributed by atoms with Gasteiger partial charge in [0.05, 0.1) is 11.3 Å². The monoisotopic (exact) mass is 272 g/mol. The molecular weight excluding hydrogens is 257 g/mol. The summed E-state index contributed by atoms with van der Waals surface area (Å²) in [5, 5.41) is 2.83. The van der Waals surface area contributed by atoms with E-state index in [9.17, 15) is 18.0 Å². The van der Waals surface area contributed by atoms with E-state index in [1.165, 1.54) is 13.0 Å². The summed E-state index contributed by atoms with van der Waals surface area (Å²) in [5.41, 5.74) is -0.660. The Kier molecular flexibility index (Phi) is 3.78. The molecule has 0 aromatic carbocycles. The van der Waals surface area contributed by atoms with Crippen LogP contribution < -0.4 is 5.32 Å². The molecular formula is C13H15F3N2O. The summed E-state index contributed by atoms with van der Waals surface area (Å²) in [6, 6.07) is 2.17. The van der Waals surface area contributed by atoms with E-state index in [0.29, 0.717) is 0 Å². The summed E-state index contributed by atoms with van der Waals surface area (Å²) in [6.07, 6.45) is -0.465. The van der Waals surface area contributed by atoms with Crippen LogP contribution in [0.4, 0.5) is 13.2 Å². The topological polar surface area (TPSA) is 42.0 Å². The van der Waals surface area contributed by atoms with Crippen molar-refractivity contribution in [3.63, 3.8) is 0 Å². The Morgan fingerprint density at radius 3 is 2.47 bits per heavy atom. The first-order valence-electron chi connectivity index (χ1n) is 6.23. The Balaban J connectivity index is 2.14. The van der Waals surface area contributed by atoms with Crippen molar-refractivity contribution in [1.82, 2.24) is 10.3 Å². The molecule has 1 aliphatic rings. The number of nitrogens with zero attached hydrogens (tertiary/aromatic N) is 1. The van der Waals surface area contributed by atoms with Crippen molar-refractivity contribution in [2.45, 2.75) is 44.8 Å². The lowest BCUT2D eigenvalue weighted by Crippen LogP contribution is -2.33. The molecule has 1 fully saturated rings. The number of alkyl halides is 3. The van der Waals surface area contributed by atoms with Gasteiger partial charge in [-0.05, 0) is 31.9 Å². The molecule has 1 N–H and O–H groups in total. The maximum absolute atomic E-state index is 12.5. The largest absolute Gasteiger partial charge is 0.433 e. The first kappa shape index (κ1) is 13.8. The maximum atomic E-state index is 12.5. The van der Waals surface area contributed by atoms with Crippen molar-refractivity contribution in [3.05, 3.63) is 29.1 Å². The smallest absolute Gasteiger partial charge is 0.349 e. The van der Waals surface area contributed by atoms with E-state index < -0.39 is 11.9 Å². The molecule has 1 saturated carbocycles. The molecule has 6 heteroatoms. The Morgan fingerprint density at radius 1 is 1.32 bits per heavy atom. The molecule has 1 aromatic rings. The Bertz CT molecular complexity index is 479. The highest BCUT2D eigenvalue weighted by atomic mass is 19.4. The molecule has 3 nitrogen and oxygen atoms in total. The van der Waals surface area contributed by atoms with Crippen LogP contribution in [0.15, 0.2) is 12.1 Å². The molecule has 2 rings (SSSR count). The summed E-state index contributed by atoms with van der Waals surface area (Å²) < 4.78 is 37.4. The average Bonchev–Trinajstić information content (AvgIpc) is 2.80. The number of carbonyl (C=O) groups excluding carboxylic acids is 1. The van der Waals surface area contributed by atoms with Gasteiger partial charge in [-0.15, -0.1) is 0 Å². The first-order valence-corrected chi connectivity index (χ1v) is 6.23. The van der Waals surface area contributed by atoms with Crippen molar-refractivity contribution in [2.75, 3.05) is 0 Å². The number of amides is 1. The van der Waals surface area contributed by atoms with Gasteiger partial charge in [0, 0.05) is 6.04 Å². The molecule has 0 saturated heterocycles. The fourth-order valence-corrected chi connectivity index (χ4v) is 2.29. The van der Waals surface area contributed by atoms with E-state index in [2.05, 4.69) is 10.3 Å². The molecule has 0 atom stereocenters. The van der Waals surface area contributed by atoms with Crippen molar-refractivity contribution < 1.29 is 18.0 Å². The zero-order chi connectivity index (χ0) is 14.0. The lowest BCUT2D eigenvalue weighted by Gasteiger charge is -2.14. The SMILES string of the molecule is Cc1nc(C(F)(F)F)ccc1C(=O)NC1CCCC1. The van der Waals surface area contributed by atoms with E-state index in [-0.39, 0.29) is 23.2 Å². The number of halogens is 3. The predicted molar refractivity (Wildman–Crippen MR) is 63.7 cm³/mol. The van der Waals surface area contributed by atoms with Crippen LogP contribution in [0.3, 0.4) is 0 Å². The van der Waals surface area contributed by atoms with Crippen LogP contribution >= 0.6 is 0 Å². The van der Waals surface area contributed by atoms with Gasteiger partial charge in [0.2, 0.25) is 0 Å². The van der Waals surface area contributed by atoms with E-state index in [1.54, 1.807) is 0 Å². The molecule has 0 radical (unpaired) electrons. The highest BCUT2D eigenvalue weighted by Crippen LogP contribution is 2.28. The quantitative estimate of drug-likeness (QED) is 0.899. The van der Waals surface area contributed by atoms with Crippen molar-refractivity contribution in [2.24, 2.45) is 0 Å². The lowest BCUT2D eigenvalue weighted by molar-refractivity contribution is -0.141. The van der Waals surface area contributed by atoms with Crippen LogP contribution in [-0.4, -0.2) is 16.9 Å². The standard InChI is InChI=1S/C13H15F3N2O/c1-8-10(6-7-11(17-8)13(14,15)16)12(19)18-9-4-2-3-5-9/h6-7,9H,2-5H2,1H3,(H,18,19). The van der Waals surface area contributed by atoms with Gasteiger partial charge >= 0.3 is 6.18 Å². The first-order chi connectivity index (χ1) is 8.88. The number of carbonyl (C=O) groups is 1. The third-order valence-corrected chi connectivity index (χ3v) is 3.31. The van der Waals surface area contributed by atoms with E-state index >= 15 is 0 Å². The predicted octanol–water partition coefficient (Wildman–Crippen LogP) is 3.08. The van der Waals surface area contributed by atoms with Gasteiger partial charge in [-0.1, -0.05) is 12.8 Å². The Hall–Kier alpha value is -1.59. The third kappa shape index (κ3) is 3.24. The number of hydrogen-bond donors (Lipinski definition) is 1. The van der Waals surface area contributed by atoms with Crippen LogP contribution in [0, 0.1) is 6.92 Å². The molecule has 1 aliphatic carbocycles. The van der Waals surface area contributed by atoms with Crippen LogP contribution in [0.5, 0.6) is 0 Å². The third-order valence-electron chi connectivity index (χ3n) is 3.31. The van der Waals surface area contributed by atoms with Crippen LogP contribution in [0.1, 0.15) is 47.4 Å². The lowest BCUT2D eigenvalue weighted by atomic mass is 10.1. The van der Waals surface area contributed by atoms with Gasteiger partial charge in [0.1, 0.15) is 5.69 Å². The number of pyridine rings is 1. The second kappa shape index (κ2) is 5.19. The van der Waals surface area contributed by atoms with Crippen molar-refractivity contribution >= 4 is 5.91 Å². The second-order valence-electron chi connectivity index (χ2n) is 4.78. The minimum atomic E-state index is -4.48. The Morgan fingerprint density at radius 2 is 1.95 bits per heavy atom. The molecule has 1 amide bonds. The molecule has 104 valence electrons. The fourth-order valence-electron chi connectivity index (χ4n) is 2.29. The van der Waals surface area contributed by atoms with Gasteiger partial charge < -0.3 is 5.32 Å². The number of rotatable bonds is 2. The number of aromatic nitrogens is 1. The number of hydrogen-bond acceptors (Lipinski definition) is 2. The summed E-state index contributed by atoms with van der Waals surface area (Å²) in [6.45, 7) is 1.42. The maximum Gasteiger partial charge on any atom is 0.433 e. The molecule has 0 aliphatic heterocycles.